The third kappa shape index (κ3) is 6.21. The zero-order valence-corrected chi connectivity index (χ0v) is 19.0. The molecule has 0 radical (unpaired) electrons. The van der Waals surface area contributed by atoms with Gasteiger partial charge in [0.25, 0.3) is 0 Å². The lowest BCUT2D eigenvalue weighted by atomic mass is 10.0. The van der Waals surface area contributed by atoms with Crippen molar-refractivity contribution in [2.75, 3.05) is 39.2 Å². The van der Waals surface area contributed by atoms with Crippen LogP contribution in [0.5, 0.6) is 11.5 Å². The van der Waals surface area contributed by atoms with Gasteiger partial charge in [0.05, 0.1) is 20.8 Å². The second kappa shape index (κ2) is 11.6. The number of ether oxygens (including phenoxy) is 3. The molecule has 2 N–H and O–H groups in total. The van der Waals surface area contributed by atoms with Gasteiger partial charge in [-0.25, -0.2) is 4.79 Å². The van der Waals surface area contributed by atoms with Gasteiger partial charge in [0.1, 0.15) is 10.6 Å². The van der Waals surface area contributed by atoms with Crippen molar-refractivity contribution in [3.05, 3.63) is 29.1 Å². The van der Waals surface area contributed by atoms with Crippen LogP contribution in [0.3, 0.4) is 0 Å². The number of hydrogen-bond donors (Lipinski definition) is 2. The van der Waals surface area contributed by atoms with E-state index in [0.717, 1.165) is 12.1 Å². The number of carbonyl (C=O) groups is 2. The highest BCUT2D eigenvalue weighted by atomic mass is 32.1. The van der Waals surface area contributed by atoms with E-state index in [1.165, 1.54) is 11.3 Å². The molecular formula is C22H30N2O5S. The van der Waals surface area contributed by atoms with E-state index in [2.05, 4.69) is 24.5 Å². The van der Waals surface area contributed by atoms with Crippen LogP contribution in [0.25, 0.3) is 11.1 Å². The maximum atomic E-state index is 12.7. The Bertz CT molecular complexity index is 863. The van der Waals surface area contributed by atoms with E-state index in [1.54, 1.807) is 33.3 Å². The zero-order chi connectivity index (χ0) is 22.1. The van der Waals surface area contributed by atoms with Gasteiger partial charge in [0, 0.05) is 23.9 Å². The predicted molar refractivity (Wildman–Crippen MR) is 120 cm³/mol. The molecule has 2 aromatic rings. The first kappa shape index (κ1) is 23.7. The molecule has 1 heterocycles. The smallest absolute Gasteiger partial charge is 0.341 e. The molecule has 1 amide bonds. The van der Waals surface area contributed by atoms with E-state index in [1.807, 2.05) is 11.4 Å². The summed E-state index contributed by atoms with van der Waals surface area (Å²) < 4.78 is 15.9. The fourth-order valence-corrected chi connectivity index (χ4v) is 3.83. The molecule has 0 aliphatic carbocycles. The number of rotatable bonds is 11. The summed E-state index contributed by atoms with van der Waals surface area (Å²) in [5, 5.41) is 8.41. The van der Waals surface area contributed by atoms with E-state index < -0.39 is 5.97 Å². The van der Waals surface area contributed by atoms with E-state index in [-0.39, 0.29) is 12.5 Å². The van der Waals surface area contributed by atoms with E-state index >= 15 is 0 Å². The highest BCUT2D eigenvalue weighted by molar-refractivity contribution is 7.15. The molecule has 30 heavy (non-hydrogen) atoms. The van der Waals surface area contributed by atoms with Crippen LogP contribution in [-0.2, 0) is 9.53 Å². The molecule has 0 atom stereocenters. The van der Waals surface area contributed by atoms with Gasteiger partial charge in [-0.2, -0.15) is 0 Å². The maximum Gasteiger partial charge on any atom is 0.341 e. The number of esters is 1. The molecule has 8 heteroatoms. The molecule has 2 rings (SSSR count). The Morgan fingerprint density at radius 3 is 2.50 bits per heavy atom. The number of carbonyl (C=O) groups excluding carboxylic acids is 2. The van der Waals surface area contributed by atoms with Crippen molar-refractivity contribution < 1.29 is 23.8 Å². The lowest BCUT2D eigenvalue weighted by molar-refractivity contribution is -0.116. The summed E-state index contributed by atoms with van der Waals surface area (Å²) in [6.07, 6.45) is 0.318. The first-order chi connectivity index (χ1) is 14.4. The Balaban J connectivity index is 2.27. The molecule has 0 bridgehead atoms. The Morgan fingerprint density at radius 1 is 1.13 bits per heavy atom. The second-order valence-electron chi connectivity index (χ2n) is 7.04. The van der Waals surface area contributed by atoms with Crippen LogP contribution in [-0.4, -0.2) is 45.8 Å². The number of hydrogen-bond acceptors (Lipinski definition) is 7. The maximum absolute atomic E-state index is 12.7. The fraction of sp³-hybridized carbons (Fsp3) is 0.455. The third-order valence-electron chi connectivity index (χ3n) is 4.30. The van der Waals surface area contributed by atoms with Crippen molar-refractivity contribution >= 4 is 28.2 Å². The monoisotopic (exact) mass is 434 g/mol. The Morgan fingerprint density at radius 2 is 1.87 bits per heavy atom. The van der Waals surface area contributed by atoms with E-state index in [0.29, 0.717) is 46.5 Å². The highest BCUT2D eigenvalue weighted by Gasteiger charge is 2.23. The molecule has 0 spiro atoms. The number of nitrogens with one attached hydrogen (secondary N) is 2. The Hall–Kier alpha value is -2.58. The number of benzene rings is 1. The Labute approximate surface area is 181 Å². The van der Waals surface area contributed by atoms with Crippen molar-refractivity contribution in [3.63, 3.8) is 0 Å². The van der Waals surface area contributed by atoms with Crippen molar-refractivity contribution in [3.8, 4) is 22.6 Å². The molecule has 0 saturated heterocycles. The number of anilines is 1. The summed E-state index contributed by atoms with van der Waals surface area (Å²) in [4.78, 5) is 25.1. The second-order valence-corrected chi connectivity index (χ2v) is 7.92. The standard InChI is InChI=1S/C22H30N2O5S/c1-6-29-22(26)20-16(15-7-8-17(27-4)18(11-15)28-5)13-30-21(20)24-19(25)9-10-23-12-14(2)3/h7-8,11,13-14,23H,6,9-10,12H2,1-5H3,(H,24,25). The van der Waals surface area contributed by atoms with Crippen LogP contribution in [0.15, 0.2) is 23.6 Å². The van der Waals surface area contributed by atoms with E-state index in [9.17, 15) is 9.59 Å². The molecule has 7 nitrogen and oxygen atoms in total. The van der Waals surface area contributed by atoms with Crippen LogP contribution in [0.4, 0.5) is 5.00 Å². The quantitative estimate of drug-likeness (QED) is 0.408. The van der Waals surface area contributed by atoms with Crippen LogP contribution in [0.2, 0.25) is 0 Å². The summed E-state index contributed by atoms with van der Waals surface area (Å²) >= 11 is 1.30. The van der Waals surface area contributed by atoms with Gasteiger partial charge in [0.2, 0.25) is 5.91 Å². The van der Waals surface area contributed by atoms with Crippen molar-refractivity contribution in [2.45, 2.75) is 27.2 Å². The largest absolute Gasteiger partial charge is 0.493 e. The van der Waals surface area contributed by atoms with Crippen molar-refractivity contribution in [2.24, 2.45) is 5.92 Å². The third-order valence-corrected chi connectivity index (χ3v) is 5.19. The lowest BCUT2D eigenvalue weighted by Crippen LogP contribution is -2.25. The molecule has 0 aliphatic rings. The summed E-state index contributed by atoms with van der Waals surface area (Å²) in [7, 11) is 3.12. The van der Waals surface area contributed by atoms with Crippen LogP contribution >= 0.6 is 11.3 Å². The fourth-order valence-electron chi connectivity index (χ4n) is 2.85. The summed E-state index contributed by atoms with van der Waals surface area (Å²) in [5.41, 5.74) is 1.79. The van der Waals surface area contributed by atoms with Gasteiger partial charge in [-0.05, 0) is 37.1 Å². The average molecular weight is 435 g/mol. The normalized spacial score (nSPS) is 10.7. The summed E-state index contributed by atoms with van der Waals surface area (Å²) in [5.74, 6) is 1.04. The zero-order valence-electron chi connectivity index (χ0n) is 18.2. The first-order valence-corrected chi connectivity index (χ1v) is 10.8. The SMILES string of the molecule is CCOC(=O)c1c(-c2ccc(OC)c(OC)c2)csc1NC(=O)CCNCC(C)C. The van der Waals surface area contributed by atoms with Crippen molar-refractivity contribution in [1.82, 2.24) is 5.32 Å². The first-order valence-electron chi connectivity index (χ1n) is 9.92. The predicted octanol–water partition coefficient (Wildman–Crippen LogP) is 4.18. The van der Waals surface area contributed by atoms with Gasteiger partial charge >= 0.3 is 5.97 Å². The number of thiophene rings is 1. The van der Waals surface area contributed by atoms with Gasteiger partial charge in [-0.3, -0.25) is 4.79 Å². The van der Waals surface area contributed by atoms with Crippen molar-refractivity contribution in [1.29, 1.82) is 0 Å². The van der Waals surface area contributed by atoms with Gasteiger partial charge in [-0.1, -0.05) is 19.9 Å². The summed E-state index contributed by atoms with van der Waals surface area (Å²) in [6.45, 7) is 7.64. The van der Waals surface area contributed by atoms with Gasteiger partial charge in [-0.15, -0.1) is 11.3 Å². The number of amides is 1. The molecular weight excluding hydrogens is 404 g/mol. The molecule has 1 aromatic carbocycles. The van der Waals surface area contributed by atoms with Crippen LogP contribution in [0.1, 0.15) is 37.6 Å². The molecule has 0 unspecified atom stereocenters. The summed E-state index contributed by atoms with van der Waals surface area (Å²) in [6, 6.07) is 5.41. The van der Waals surface area contributed by atoms with Gasteiger partial charge < -0.3 is 24.8 Å². The lowest BCUT2D eigenvalue weighted by Gasteiger charge is -2.11. The minimum Gasteiger partial charge on any atom is -0.493 e. The molecule has 164 valence electrons. The molecule has 0 fully saturated rings. The van der Waals surface area contributed by atoms with Gasteiger partial charge in [0.15, 0.2) is 11.5 Å². The number of methoxy groups -OCH3 is 2. The topological polar surface area (TPSA) is 85.9 Å². The highest BCUT2D eigenvalue weighted by Crippen LogP contribution is 2.39. The average Bonchev–Trinajstić information content (AvgIpc) is 3.14. The van der Waals surface area contributed by atoms with E-state index in [4.69, 9.17) is 14.2 Å². The molecule has 0 saturated carbocycles. The Kier molecular flexibility index (Phi) is 9.14. The molecule has 0 aliphatic heterocycles. The van der Waals surface area contributed by atoms with Crippen LogP contribution < -0.4 is 20.1 Å². The van der Waals surface area contributed by atoms with Crippen LogP contribution in [0, 0.1) is 5.92 Å². The minimum atomic E-state index is -0.475. The minimum absolute atomic E-state index is 0.155. The molecule has 1 aromatic heterocycles.